The predicted octanol–water partition coefficient (Wildman–Crippen LogP) is 5.82. The number of hydrogen-bond donors (Lipinski definition) is 3. The van der Waals surface area contributed by atoms with E-state index in [1.165, 1.54) is 14.2 Å². The molecule has 0 heterocycles. The summed E-state index contributed by atoms with van der Waals surface area (Å²) < 4.78 is 21.4. The Balaban J connectivity index is 2.75. The first-order valence-electron chi connectivity index (χ1n) is 17.3. The predicted molar refractivity (Wildman–Crippen MR) is 181 cm³/mol. The third kappa shape index (κ3) is 14.2. The normalized spacial score (nSPS) is 24.8. The maximum Gasteiger partial charge on any atom is 0.308 e. The lowest BCUT2D eigenvalue weighted by molar-refractivity contribution is -0.148. The second-order valence-electron chi connectivity index (χ2n) is 13.9. The first kappa shape index (κ1) is 42.4. The quantitative estimate of drug-likeness (QED) is 0.0976. The number of ether oxygens (including phenoxy) is 4. The Morgan fingerprint density at radius 3 is 2.13 bits per heavy atom. The number of aliphatic hydroxyl groups is 3. The summed E-state index contributed by atoms with van der Waals surface area (Å²) in [4.78, 5) is 25.3. The monoisotopic (exact) mass is 654 g/mol. The third-order valence-electron chi connectivity index (χ3n) is 9.81. The fourth-order valence-electron chi connectivity index (χ4n) is 6.91. The third-order valence-corrected chi connectivity index (χ3v) is 9.81. The summed E-state index contributed by atoms with van der Waals surface area (Å²) in [6, 6.07) is 0. The lowest BCUT2D eigenvalue weighted by atomic mass is 9.82. The smallest absolute Gasteiger partial charge is 0.308 e. The molecule has 1 rings (SSSR count). The minimum absolute atomic E-state index is 0.0519. The SMILES string of the molecule is CCCC(/C=C(\C)CC(C)CC(OC)C(O)C(CC(C)C(=O)OC)OC)C(=O)CCC(C)C(O)/C(C)=C/C1CCC(O)C(OC)C1. The number of carbonyl (C=O) groups is 2. The van der Waals surface area contributed by atoms with E-state index in [0.717, 1.165) is 43.3 Å². The highest BCUT2D eigenvalue weighted by Gasteiger charge is 2.32. The van der Waals surface area contributed by atoms with Crippen molar-refractivity contribution in [2.45, 2.75) is 142 Å². The maximum atomic E-state index is 13.4. The zero-order valence-electron chi connectivity index (χ0n) is 30.4. The van der Waals surface area contributed by atoms with Crippen molar-refractivity contribution in [2.24, 2.45) is 29.6 Å². The molecule has 1 aliphatic carbocycles. The number of rotatable bonds is 22. The Labute approximate surface area is 279 Å². The molecule has 3 N–H and O–H groups in total. The van der Waals surface area contributed by atoms with E-state index in [0.29, 0.717) is 32.1 Å². The summed E-state index contributed by atoms with van der Waals surface area (Å²) in [5.74, 6) is -0.328. The highest BCUT2D eigenvalue weighted by molar-refractivity contribution is 5.82. The number of allylic oxidation sites excluding steroid dienone is 3. The molecule has 46 heavy (non-hydrogen) atoms. The molecule has 1 saturated carbocycles. The molecule has 0 aromatic heterocycles. The average Bonchev–Trinajstić information content (AvgIpc) is 3.03. The molecule has 0 aromatic carbocycles. The number of esters is 1. The first-order chi connectivity index (χ1) is 21.7. The average molecular weight is 655 g/mol. The second-order valence-corrected chi connectivity index (χ2v) is 13.9. The molecule has 11 atom stereocenters. The molecule has 11 unspecified atom stereocenters. The van der Waals surface area contributed by atoms with Crippen LogP contribution in [0.3, 0.4) is 0 Å². The van der Waals surface area contributed by atoms with E-state index in [-0.39, 0.29) is 41.5 Å². The topological polar surface area (TPSA) is 132 Å². The molecule has 9 heteroatoms. The van der Waals surface area contributed by atoms with Crippen molar-refractivity contribution in [3.05, 3.63) is 23.3 Å². The number of carbonyl (C=O) groups excluding carboxylic acids is 2. The van der Waals surface area contributed by atoms with E-state index >= 15 is 0 Å². The standard InChI is InChI=1S/C37H66O9/c1-11-12-29(30(38)15-13-25(4)35(40)26(5)20-28-14-16-31(39)32(22-28)43-7)18-23(2)17-24(3)19-33(44-8)36(41)34(45-9)21-27(6)37(42)46-10/h18,20,24-25,27-29,31-36,39-41H,11-17,19,21-22H2,1-10H3/b23-18+,26-20+. The van der Waals surface area contributed by atoms with E-state index in [4.69, 9.17) is 18.9 Å². The molecule has 0 saturated heterocycles. The van der Waals surface area contributed by atoms with Crippen LogP contribution in [0, 0.1) is 29.6 Å². The maximum absolute atomic E-state index is 13.4. The Hall–Kier alpha value is -1.62. The second kappa shape index (κ2) is 22.1. The molecule has 0 aromatic rings. The van der Waals surface area contributed by atoms with Gasteiger partial charge >= 0.3 is 5.97 Å². The minimum Gasteiger partial charge on any atom is -0.469 e. The minimum atomic E-state index is -0.906. The van der Waals surface area contributed by atoms with Gasteiger partial charge in [-0.25, -0.2) is 0 Å². The molecule has 9 nitrogen and oxygen atoms in total. The van der Waals surface area contributed by atoms with Crippen molar-refractivity contribution in [1.82, 2.24) is 0 Å². The largest absolute Gasteiger partial charge is 0.469 e. The van der Waals surface area contributed by atoms with Crippen LogP contribution >= 0.6 is 0 Å². The van der Waals surface area contributed by atoms with E-state index in [1.54, 1.807) is 21.1 Å². The van der Waals surface area contributed by atoms with Crippen LogP contribution in [0.4, 0.5) is 0 Å². The summed E-state index contributed by atoms with van der Waals surface area (Å²) >= 11 is 0. The van der Waals surface area contributed by atoms with Crippen LogP contribution in [0.1, 0.15) is 106 Å². The van der Waals surface area contributed by atoms with Gasteiger partial charge in [0.2, 0.25) is 0 Å². The van der Waals surface area contributed by atoms with Gasteiger partial charge in [0.25, 0.3) is 0 Å². The summed E-state index contributed by atoms with van der Waals surface area (Å²) in [7, 11) is 6.07. The molecule has 0 radical (unpaired) electrons. The first-order valence-corrected chi connectivity index (χ1v) is 17.3. The zero-order valence-corrected chi connectivity index (χ0v) is 30.4. The summed E-state index contributed by atoms with van der Waals surface area (Å²) in [5.41, 5.74) is 2.05. The summed E-state index contributed by atoms with van der Waals surface area (Å²) in [6.07, 6.45) is 7.76. The van der Waals surface area contributed by atoms with E-state index < -0.39 is 36.4 Å². The van der Waals surface area contributed by atoms with Crippen molar-refractivity contribution in [2.75, 3.05) is 28.4 Å². The van der Waals surface area contributed by atoms with E-state index in [2.05, 4.69) is 32.9 Å². The van der Waals surface area contributed by atoms with Crippen molar-refractivity contribution in [1.29, 1.82) is 0 Å². The van der Waals surface area contributed by atoms with Crippen molar-refractivity contribution < 1.29 is 43.9 Å². The van der Waals surface area contributed by atoms with Gasteiger partial charge in [-0.1, -0.05) is 51.8 Å². The van der Waals surface area contributed by atoms with Gasteiger partial charge in [0.05, 0.1) is 43.5 Å². The highest BCUT2D eigenvalue weighted by atomic mass is 16.5. The Bertz CT molecular complexity index is 947. The molecular formula is C37H66O9. The van der Waals surface area contributed by atoms with Crippen molar-refractivity contribution >= 4 is 11.8 Å². The van der Waals surface area contributed by atoms with Crippen LogP contribution in [0.5, 0.6) is 0 Å². The summed E-state index contributed by atoms with van der Waals surface area (Å²) in [5, 5.41) is 32.2. The van der Waals surface area contributed by atoms with Crippen LogP contribution in [0.25, 0.3) is 0 Å². The number of methoxy groups -OCH3 is 4. The van der Waals surface area contributed by atoms with Gasteiger partial charge in [-0.3, -0.25) is 9.59 Å². The number of hydrogen-bond acceptors (Lipinski definition) is 9. The fourth-order valence-corrected chi connectivity index (χ4v) is 6.91. The van der Waals surface area contributed by atoms with Gasteiger partial charge < -0.3 is 34.3 Å². The Morgan fingerprint density at radius 1 is 0.935 bits per heavy atom. The number of Topliss-reactive ketones (excluding diaryl/α,β-unsaturated/α-hetero) is 1. The Morgan fingerprint density at radius 2 is 1.57 bits per heavy atom. The lowest BCUT2D eigenvalue weighted by Crippen LogP contribution is -2.42. The highest BCUT2D eigenvalue weighted by Crippen LogP contribution is 2.30. The van der Waals surface area contributed by atoms with E-state index in [9.17, 15) is 24.9 Å². The van der Waals surface area contributed by atoms with Gasteiger partial charge in [-0.05, 0) is 88.5 Å². The molecule has 0 amide bonds. The summed E-state index contributed by atoms with van der Waals surface area (Å²) in [6.45, 7) is 12.0. The van der Waals surface area contributed by atoms with Crippen LogP contribution in [0.2, 0.25) is 0 Å². The van der Waals surface area contributed by atoms with Crippen molar-refractivity contribution in [3.8, 4) is 0 Å². The van der Waals surface area contributed by atoms with Crippen LogP contribution in [-0.4, -0.2) is 92.1 Å². The lowest BCUT2D eigenvalue weighted by Gasteiger charge is -2.31. The molecule has 0 spiro atoms. The van der Waals surface area contributed by atoms with Gasteiger partial charge in [0.1, 0.15) is 11.9 Å². The number of aliphatic hydroxyl groups excluding tert-OH is 3. The van der Waals surface area contributed by atoms with Gasteiger partial charge in [0.15, 0.2) is 0 Å². The molecule has 268 valence electrons. The van der Waals surface area contributed by atoms with Crippen LogP contribution < -0.4 is 0 Å². The van der Waals surface area contributed by atoms with Crippen LogP contribution in [-0.2, 0) is 28.5 Å². The molecule has 0 bridgehead atoms. The van der Waals surface area contributed by atoms with Gasteiger partial charge in [-0.15, -0.1) is 0 Å². The fraction of sp³-hybridized carbons (Fsp3) is 0.838. The number of ketones is 1. The molecule has 0 aliphatic heterocycles. The Kier molecular flexibility index (Phi) is 20.4. The zero-order chi connectivity index (χ0) is 35.0. The van der Waals surface area contributed by atoms with Gasteiger partial charge in [0, 0.05) is 33.7 Å². The molecule has 1 fully saturated rings. The molecule has 1 aliphatic rings. The van der Waals surface area contributed by atoms with Crippen molar-refractivity contribution in [3.63, 3.8) is 0 Å². The van der Waals surface area contributed by atoms with Crippen LogP contribution in [0.15, 0.2) is 23.3 Å². The molecular weight excluding hydrogens is 588 g/mol. The van der Waals surface area contributed by atoms with Gasteiger partial charge in [-0.2, -0.15) is 0 Å². The van der Waals surface area contributed by atoms with E-state index in [1.807, 2.05) is 13.8 Å².